The summed E-state index contributed by atoms with van der Waals surface area (Å²) >= 11 is 0. The number of aliphatic hydroxyl groups excluding tert-OH is 1. The van der Waals surface area contributed by atoms with E-state index >= 15 is 0 Å². The molecule has 0 aliphatic rings. The van der Waals surface area contributed by atoms with Crippen LogP contribution in [-0.2, 0) is 6.61 Å². The summed E-state index contributed by atoms with van der Waals surface area (Å²) < 4.78 is 5.31. The van der Waals surface area contributed by atoms with Crippen LogP contribution in [0, 0.1) is 0 Å². The van der Waals surface area contributed by atoms with Crippen molar-refractivity contribution in [2.45, 2.75) is 6.61 Å². The zero-order valence-corrected chi connectivity index (χ0v) is 10.1. The van der Waals surface area contributed by atoms with Crippen LogP contribution in [-0.4, -0.2) is 20.4 Å². The highest BCUT2D eigenvalue weighted by Crippen LogP contribution is 2.42. The van der Waals surface area contributed by atoms with E-state index in [1.54, 1.807) is 0 Å². The maximum Gasteiger partial charge on any atom is 0.182 e. The molecule has 0 saturated carbocycles. The first-order valence-corrected chi connectivity index (χ1v) is 5.76. The fourth-order valence-electron chi connectivity index (χ4n) is 2.25. The average molecular weight is 274 g/mol. The quantitative estimate of drug-likeness (QED) is 0.501. The van der Waals surface area contributed by atoms with Crippen molar-refractivity contribution in [3.8, 4) is 17.2 Å². The van der Waals surface area contributed by atoms with Gasteiger partial charge in [0.1, 0.15) is 40.6 Å². The van der Waals surface area contributed by atoms with E-state index in [9.17, 15) is 20.1 Å². The highest BCUT2D eigenvalue weighted by atomic mass is 16.4. The monoisotopic (exact) mass is 274 g/mol. The molecule has 0 aliphatic carbocycles. The third-order valence-electron chi connectivity index (χ3n) is 3.08. The minimum absolute atomic E-state index is 0.00338. The molecule has 0 aliphatic heterocycles. The first-order valence-electron chi connectivity index (χ1n) is 5.76. The van der Waals surface area contributed by atoms with Crippen molar-refractivity contribution in [3.63, 3.8) is 0 Å². The molecule has 4 N–H and O–H groups in total. The van der Waals surface area contributed by atoms with Crippen molar-refractivity contribution < 1.29 is 24.8 Å². The SMILES string of the molecule is O=c1cc(O)c2c(O)c3c(O)cc(CO)oc3cc2c1. The van der Waals surface area contributed by atoms with Gasteiger partial charge in [0.15, 0.2) is 5.43 Å². The molecule has 0 spiro atoms. The van der Waals surface area contributed by atoms with Gasteiger partial charge >= 0.3 is 0 Å². The molecule has 0 saturated heterocycles. The third-order valence-corrected chi connectivity index (χ3v) is 3.08. The van der Waals surface area contributed by atoms with Crippen LogP contribution in [0.4, 0.5) is 0 Å². The molecule has 102 valence electrons. The Balaban J connectivity index is 2.57. The summed E-state index contributed by atoms with van der Waals surface area (Å²) in [5.74, 6) is -0.949. The van der Waals surface area contributed by atoms with Gasteiger partial charge in [0, 0.05) is 12.1 Å². The maximum absolute atomic E-state index is 11.4. The minimum Gasteiger partial charge on any atom is -0.507 e. The van der Waals surface area contributed by atoms with Crippen LogP contribution in [0.5, 0.6) is 17.2 Å². The summed E-state index contributed by atoms with van der Waals surface area (Å²) in [4.78, 5) is 11.4. The van der Waals surface area contributed by atoms with Crippen molar-refractivity contribution >= 4 is 21.7 Å². The van der Waals surface area contributed by atoms with Gasteiger partial charge in [0.05, 0.1) is 5.39 Å². The van der Waals surface area contributed by atoms with E-state index in [0.29, 0.717) is 0 Å². The van der Waals surface area contributed by atoms with Crippen molar-refractivity contribution in [1.82, 2.24) is 0 Å². The van der Waals surface area contributed by atoms with Gasteiger partial charge in [-0.05, 0) is 17.5 Å². The Kier molecular flexibility index (Phi) is 2.55. The van der Waals surface area contributed by atoms with Gasteiger partial charge < -0.3 is 24.8 Å². The predicted octanol–water partition coefficient (Wildman–Crippen LogP) is 1.56. The van der Waals surface area contributed by atoms with Gasteiger partial charge in [0.25, 0.3) is 0 Å². The van der Waals surface area contributed by atoms with Crippen molar-refractivity contribution in [2.75, 3.05) is 0 Å². The number of hydrogen-bond acceptors (Lipinski definition) is 6. The highest BCUT2D eigenvalue weighted by molar-refractivity contribution is 6.07. The van der Waals surface area contributed by atoms with E-state index in [1.807, 2.05) is 0 Å². The number of aliphatic hydroxyl groups is 1. The van der Waals surface area contributed by atoms with Gasteiger partial charge in [0.2, 0.25) is 0 Å². The van der Waals surface area contributed by atoms with E-state index in [2.05, 4.69) is 0 Å². The van der Waals surface area contributed by atoms with E-state index in [-0.39, 0.29) is 44.8 Å². The maximum atomic E-state index is 11.4. The molecule has 0 bridgehead atoms. The lowest BCUT2D eigenvalue weighted by molar-refractivity contribution is 0.248. The Morgan fingerprint density at radius 2 is 1.65 bits per heavy atom. The van der Waals surface area contributed by atoms with Crippen molar-refractivity contribution in [3.05, 3.63) is 40.2 Å². The van der Waals surface area contributed by atoms with Crippen LogP contribution in [0.2, 0.25) is 0 Å². The highest BCUT2D eigenvalue weighted by Gasteiger charge is 2.16. The molecular weight excluding hydrogens is 264 g/mol. The molecule has 3 rings (SSSR count). The van der Waals surface area contributed by atoms with Crippen LogP contribution in [0.3, 0.4) is 0 Å². The molecule has 0 radical (unpaired) electrons. The number of phenols is 2. The van der Waals surface area contributed by atoms with E-state index in [0.717, 1.165) is 6.07 Å². The first kappa shape index (κ1) is 12.3. The molecular formula is C14H10O6. The normalized spacial score (nSPS) is 11.2. The van der Waals surface area contributed by atoms with E-state index in [4.69, 9.17) is 9.52 Å². The summed E-state index contributed by atoms with van der Waals surface area (Å²) in [5.41, 5.74) is -0.319. The summed E-state index contributed by atoms with van der Waals surface area (Å²) in [5, 5.41) is 39.2. The van der Waals surface area contributed by atoms with Gasteiger partial charge in [-0.2, -0.15) is 0 Å². The Bertz CT molecular complexity index is 894. The van der Waals surface area contributed by atoms with Gasteiger partial charge in [-0.15, -0.1) is 0 Å². The fraction of sp³-hybridized carbons (Fsp3) is 0.0714. The molecule has 1 aromatic heterocycles. The molecule has 6 nitrogen and oxygen atoms in total. The van der Waals surface area contributed by atoms with E-state index in [1.165, 1.54) is 18.2 Å². The lowest BCUT2D eigenvalue weighted by atomic mass is 10.0. The zero-order valence-electron chi connectivity index (χ0n) is 10.1. The Morgan fingerprint density at radius 3 is 2.35 bits per heavy atom. The molecule has 3 aromatic rings. The fourth-order valence-corrected chi connectivity index (χ4v) is 2.25. The number of hydrogen-bond donors (Lipinski definition) is 4. The Hall–Kier alpha value is -2.73. The van der Waals surface area contributed by atoms with Crippen LogP contribution >= 0.6 is 0 Å². The number of rotatable bonds is 1. The van der Waals surface area contributed by atoms with Crippen molar-refractivity contribution in [1.29, 1.82) is 0 Å². The third kappa shape index (κ3) is 1.66. The summed E-state index contributed by atoms with van der Waals surface area (Å²) in [6, 6.07) is 4.79. The molecule has 2 aromatic carbocycles. The lowest BCUT2D eigenvalue weighted by Gasteiger charge is -2.09. The lowest BCUT2D eigenvalue weighted by Crippen LogP contribution is -1.96. The number of phenolic OH excluding ortho intramolecular Hbond substituents is 2. The Labute approximate surface area is 111 Å². The second-order valence-electron chi connectivity index (χ2n) is 4.39. The van der Waals surface area contributed by atoms with Gasteiger partial charge in [-0.1, -0.05) is 0 Å². The second kappa shape index (κ2) is 4.14. The standard InChI is InChI=1S/C14H10O6/c15-5-8-4-10(18)13-11(20-8)2-6-1-7(16)3-9(17)12(6)14(13)19/h1-4,15,17-19H,5H2. The zero-order chi connectivity index (χ0) is 14.4. The van der Waals surface area contributed by atoms with Crippen LogP contribution in [0.1, 0.15) is 5.76 Å². The topological polar surface area (TPSA) is 111 Å². The smallest absolute Gasteiger partial charge is 0.182 e. The van der Waals surface area contributed by atoms with Crippen LogP contribution < -0.4 is 5.43 Å². The molecule has 20 heavy (non-hydrogen) atoms. The Morgan fingerprint density at radius 1 is 0.950 bits per heavy atom. The van der Waals surface area contributed by atoms with Gasteiger partial charge in [-0.25, -0.2) is 0 Å². The first-order chi connectivity index (χ1) is 9.51. The molecule has 6 heteroatoms. The largest absolute Gasteiger partial charge is 0.507 e. The van der Waals surface area contributed by atoms with Crippen molar-refractivity contribution in [2.24, 2.45) is 0 Å². The molecule has 0 amide bonds. The number of benzene rings is 2. The summed E-state index contributed by atoms with van der Waals surface area (Å²) in [6.45, 7) is -0.421. The van der Waals surface area contributed by atoms with Crippen LogP contribution in [0.15, 0.2) is 33.5 Å². The van der Waals surface area contributed by atoms with Gasteiger partial charge in [-0.3, -0.25) is 4.79 Å². The molecule has 0 unspecified atom stereocenters. The van der Waals surface area contributed by atoms with E-state index < -0.39 is 12.0 Å². The molecule has 0 atom stereocenters. The number of fused-ring (bicyclic) bond motifs is 2. The minimum atomic E-state index is -0.421. The second-order valence-corrected chi connectivity index (χ2v) is 4.39. The average Bonchev–Trinajstić information content (AvgIpc) is 2.36. The number of aromatic hydroxyl groups is 3. The van der Waals surface area contributed by atoms with Crippen LogP contribution in [0.25, 0.3) is 21.7 Å². The summed E-state index contributed by atoms with van der Waals surface area (Å²) in [7, 11) is 0. The summed E-state index contributed by atoms with van der Waals surface area (Å²) in [6.07, 6.45) is 0. The molecule has 1 heterocycles. The predicted molar refractivity (Wildman–Crippen MR) is 70.9 cm³/mol. The molecule has 0 fully saturated rings.